The van der Waals surface area contributed by atoms with Crippen LogP contribution in [0.1, 0.15) is 15.9 Å². The number of hydrogen-bond acceptors (Lipinski definition) is 6. The van der Waals surface area contributed by atoms with E-state index in [1.165, 1.54) is 29.2 Å². The lowest BCUT2D eigenvalue weighted by molar-refractivity contribution is -0.114. The van der Waals surface area contributed by atoms with E-state index in [2.05, 4.69) is 20.9 Å². The molecule has 0 aliphatic rings. The molecule has 0 unspecified atom stereocenters. The number of benzene rings is 4. The van der Waals surface area contributed by atoms with Gasteiger partial charge in [0.2, 0.25) is 5.91 Å². The second-order valence-corrected chi connectivity index (χ2v) is 12.5. The minimum Gasteiger partial charge on any atom is -0.321 e. The molecule has 0 atom stereocenters. The third kappa shape index (κ3) is 8.75. The van der Waals surface area contributed by atoms with Gasteiger partial charge in [-0.2, -0.15) is 0 Å². The fourth-order valence-corrected chi connectivity index (χ4v) is 6.01. The highest BCUT2D eigenvalue weighted by Crippen LogP contribution is 2.31. The average Bonchev–Trinajstić information content (AvgIpc) is 3.51. The fourth-order valence-electron chi connectivity index (χ4n) is 3.99. The Bertz CT molecular complexity index is 1880. The molecule has 0 saturated heterocycles. The monoisotopic (exact) mass is 692 g/mol. The SMILES string of the molecule is O=C(CSc1ccc(NC(=O)/C(=C/c2cccc(Cl)c2Cl)NC(=O)c2ccccc2)cc1)Nc1nc(-c2ccccc2Cl)cs1. The second kappa shape index (κ2) is 15.2. The number of nitrogens with zero attached hydrogens (tertiary/aromatic N) is 1. The zero-order valence-electron chi connectivity index (χ0n) is 23.2. The van der Waals surface area contributed by atoms with Crippen LogP contribution < -0.4 is 16.0 Å². The van der Waals surface area contributed by atoms with Crippen LogP contribution in [-0.4, -0.2) is 28.5 Å². The van der Waals surface area contributed by atoms with Gasteiger partial charge in [0.15, 0.2) is 5.13 Å². The van der Waals surface area contributed by atoms with E-state index < -0.39 is 11.8 Å². The molecule has 0 saturated carbocycles. The quantitative estimate of drug-likeness (QED) is 0.100. The van der Waals surface area contributed by atoms with Crippen LogP contribution in [0.25, 0.3) is 17.3 Å². The van der Waals surface area contributed by atoms with Crippen molar-refractivity contribution in [3.05, 3.63) is 134 Å². The highest BCUT2D eigenvalue weighted by atomic mass is 35.5. The molecule has 1 heterocycles. The number of amides is 3. The molecule has 0 aliphatic heterocycles. The topological polar surface area (TPSA) is 100 Å². The Labute approximate surface area is 282 Å². The van der Waals surface area contributed by atoms with Crippen LogP contribution in [-0.2, 0) is 9.59 Å². The normalized spacial score (nSPS) is 11.1. The standard InChI is InChI=1S/C33H23Cl3N4O3S2/c34-25-11-5-4-10-24(25)28-18-45-33(39-28)40-29(41)19-44-23-15-13-22(14-16-23)37-32(43)27(17-21-9-6-12-26(35)30(21)36)38-31(42)20-7-2-1-3-8-20/h1-18H,19H2,(H,37,43)(H,38,42)(H,39,40,41)/b27-17-. The maximum absolute atomic E-state index is 13.3. The van der Waals surface area contributed by atoms with Crippen molar-refractivity contribution in [2.45, 2.75) is 4.90 Å². The van der Waals surface area contributed by atoms with Crippen molar-refractivity contribution in [2.75, 3.05) is 16.4 Å². The molecule has 5 rings (SSSR count). The van der Waals surface area contributed by atoms with Gasteiger partial charge in [-0.25, -0.2) is 4.98 Å². The molecule has 3 amide bonds. The van der Waals surface area contributed by atoms with Crippen molar-refractivity contribution < 1.29 is 14.4 Å². The molecule has 226 valence electrons. The molecular formula is C33H23Cl3N4O3S2. The Morgan fingerprint density at radius 1 is 0.800 bits per heavy atom. The highest BCUT2D eigenvalue weighted by molar-refractivity contribution is 8.00. The maximum Gasteiger partial charge on any atom is 0.272 e. The molecule has 7 nitrogen and oxygen atoms in total. The molecule has 45 heavy (non-hydrogen) atoms. The Morgan fingerprint density at radius 3 is 2.27 bits per heavy atom. The molecule has 0 spiro atoms. The third-order valence-electron chi connectivity index (χ3n) is 6.19. The number of hydrogen-bond donors (Lipinski definition) is 3. The summed E-state index contributed by atoms with van der Waals surface area (Å²) in [5.74, 6) is -1.07. The van der Waals surface area contributed by atoms with Crippen LogP contribution in [0, 0.1) is 0 Å². The van der Waals surface area contributed by atoms with Gasteiger partial charge < -0.3 is 16.0 Å². The summed E-state index contributed by atoms with van der Waals surface area (Å²) in [7, 11) is 0. The molecule has 0 bridgehead atoms. The summed E-state index contributed by atoms with van der Waals surface area (Å²) >= 11 is 21.4. The van der Waals surface area contributed by atoms with Gasteiger partial charge >= 0.3 is 0 Å². The lowest BCUT2D eigenvalue weighted by Gasteiger charge is -2.12. The van der Waals surface area contributed by atoms with E-state index in [1.54, 1.807) is 78.9 Å². The number of nitrogens with one attached hydrogen (secondary N) is 3. The molecular weight excluding hydrogens is 671 g/mol. The second-order valence-electron chi connectivity index (χ2n) is 9.35. The molecule has 0 fully saturated rings. The summed E-state index contributed by atoms with van der Waals surface area (Å²) in [4.78, 5) is 44.1. The van der Waals surface area contributed by atoms with E-state index in [1.807, 2.05) is 23.6 Å². The van der Waals surface area contributed by atoms with Gasteiger partial charge in [-0.05, 0) is 60.2 Å². The van der Waals surface area contributed by atoms with Crippen LogP contribution in [0.15, 0.2) is 113 Å². The lowest BCUT2D eigenvalue weighted by Crippen LogP contribution is -2.30. The van der Waals surface area contributed by atoms with Gasteiger partial charge in [0.1, 0.15) is 5.70 Å². The molecule has 5 aromatic rings. The average molecular weight is 694 g/mol. The number of anilines is 2. The summed E-state index contributed by atoms with van der Waals surface area (Å²) in [6, 6.07) is 27.9. The fraction of sp³-hybridized carbons (Fsp3) is 0.0303. The lowest BCUT2D eigenvalue weighted by atomic mass is 10.1. The molecule has 0 aliphatic carbocycles. The molecule has 4 aromatic carbocycles. The van der Waals surface area contributed by atoms with E-state index in [-0.39, 0.29) is 22.4 Å². The van der Waals surface area contributed by atoms with Crippen molar-refractivity contribution in [3.8, 4) is 11.3 Å². The molecule has 12 heteroatoms. The van der Waals surface area contributed by atoms with Crippen molar-refractivity contribution in [1.29, 1.82) is 0 Å². The zero-order chi connectivity index (χ0) is 31.8. The van der Waals surface area contributed by atoms with Gasteiger partial charge in [-0.3, -0.25) is 14.4 Å². The molecule has 1 aromatic heterocycles. The summed E-state index contributed by atoms with van der Waals surface area (Å²) in [5.41, 5.74) is 2.80. The smallest absolute Gasteiger partial charge is 0.272 e. The van der Waals surface area contributed by atoms with Gasteiger partial charge in [0.25, 0.3) is 11.8 Å². The van der Waals surface area contributed by atoms with Gasteiger partial charge in [-0.15, -0.1) is 23.1 Å². The minimum absolute atomic E-state index is 0.0250. The van der Waals surface area contributed by atoms with E-state index >= 15 is 0 Å². The first-order chi connectivity index (χ1) is 21.8. The first-order valence-electron chi connectivity index (χ1n) is 13.3. The van der Waals surface area contributed by atoms with Gasteiger partial charge in [-0.1, -0.05) is 83.3 Å². The Kier molecular flexibility index (Phi) is 10.9. The van der Waals surface area contributed by atoms with E-state index in [0.29, 0.717) is 37.7 Å². The maximum atomic E-state index is 13.3. The van der Waals surface area contributed by atoms with Crippen LogP contribution in [0.3, 0.4) is 0 Å². The number of carbonyl (C=O) groups excluding carboxylic acids is 3. The number of thioether (sulfide) groups is 1. The summed E-state index contributed by atoms with van der Waals surface area (Å²) in [6.07, 6.45) is 1.47. The van der Waals surface area contributed by atoms with E-state index in [4.69, 9.17) is 34.8 Å². The number of rotatable bonds is 10. The molecule has 3 N–H and O–H groups in total. The van der Waals surface area contributed by atoms with Crippen molar-refractivity contribution in [3.63, 3.8) is 0 Å². The number of thiazole rings is 1. The van der Waals surface area contributed by atoms with Crippen LogP contribution in [0.2, 0.25) is 15.1 Å². The number of aromatic nitrogens is 1. The Morgan fingerprint density at radius 2 is 1.51 bits per heavy atom. The first kappa shape index (κ1) is 32.3. The van der Waals surface area contributed by atoms with E-state index in [9.17, 15) is 14.4 Å². The summed E-state index contributed by atoms with van der Waals surface area (Å²) < 4.78 is 0. The van der Waals surface area contributed by atoms with Crippen LogP contribution in [0.4, 0.5) is 10.8 Å². The predicted molar refractivity (Wildman–Crippen MR) is 185 cm³/mol. The third-order valence-corrected chi connectivity index (χ3v) is 9.13. The van der Waals surface area contributed by atoms with Gasteiger partial charge in [0.05, 0.1) is 21.5 Å². The van der Waals surface area contributed by atoms with E-state index in [0.717, 1.165) is 10.5 Å². The number of carbonyl (C=O) groups is 3. The van der Waals surface area contributed by atoms with Crippen LogP contribution in [0.5, 0.6) is 0 Å². The minimum atomic E-state index is -0.560. The Hall–Kier alpha value is -4.12. The van der Waals surface area contributed by atoms with Crippen molar-refractivity contribution in [1.82, 2.24) is 10.3 Å². The number of halogens is 3. The zero-order valence-corrected chi connectivity index (χ0v) is 27.1. The first-order valence-corrected chi connectivity index (χ1v) is 16.3. The Balaban J connectivity index is 1.21. The highest BCUT2D eigenvalue weighted by Gasteiger charge is 2.17. The predicted octanol–water partition coefficient (Wildman–Crippen LogP) is 8.91. The largest absolute Gasteiger partial charge is 0.321 e. The molecule has 0 radical (unpaired) electrons. The summed E-state index contributed by atoms with van der Waals surface area (Å²) in [5, 5.41) is 11.8. The van der Waals surface area contributed by atoms with Crippen LogP contribution >= 0.6 is 57.9 Å². The van der Waals surface area contributed by atoms with Crippen molar-refractivity contribution >= 4 is 92.5 Å². The summed E-state index contributed by atoms with van der Waals surface area (Å²) in [6.45, 7) is 0. The van der Waals surface area contributed by atoms with Crippen molar-refractivity contribution in [2.24, 2.45) is 0 Å². The van der Waals surface area contributed by atoms with Gasteiger partial charge in [0, 0.05) is 32.1 Å².